The van der Waals surface area contributed by atoms with E-state index in [9.17, 15) is 0 Å². The average molecular weight is 375 g/mol. The number of benzene rings is 2. The molecule has 28 heavy (non-hydrogen) atoms. The van der Waals surface area contributed by atoms with Crippen LogP contribution in [0.2, 0.25) is 0 Å². The van der Waals surface area contributed by atoms with Gasteiger partial charge in [-0.05, 0) is 25.2 Å². The number of hydrogen-bond acceptors (Lipinski definition) is 5. The molecule has 0 radical (unpaired) electrons. The Morgan fingerprint density at radius 1 is 1.04 bits per heavy atom. The quantitative estimate of drug-likeness (QED) is 0.658. The van der Waals surface area contributed by atoms with Crippen molar-refractivity contribution in [3.63, 3.8) is 0 Å². The van der Waals surface area contributed by atoms with Gasteiger partial charge >= 0.3 is 0 Å². The maximum atomic E-state index is 5.99. The molecular weight excluding hydrogens is 350 g/mol. The molecule has 5 nitrogen and oxygen atoms in total. The van der Waals surface area contributed by atoms with Crippen molar-refractivity contribution in [1.29, 1.82) is 0 Å². The molecule has 0 amide bonds. The molecular formula is C23H25N3O2. The average Bonchev–Trinajstić information content (AvgIpc) is 2.76. The molecule has 1 aromatic heterocycles. The molecule has 0 spiro atoms. The Morgan fingerprint density at radius 3 is 2.71 bits per heavy atom. The summed E-state index contributed by atoms with van der Waals surface area (Å²) >= 11 is 0. The van der Waals surface area contributed by atoms with Crippen LogP contribution in [0.4, 0.5) is 11.4 Å². The van der Waals surface area contributed by atoms with E-state index in [1.165, 1.54) is 11.3 Å². The summed E-state index contributed by atoms with van der Waals surface area (Å²) in [7, 11) is 0. The van der Waals surface area contributed by atoms with Crippen LogP contribution in [0.1, 0.15) is 13.8 Å². The van der Waals surface area contributed by atoms with E-state index in [2.05, 4.69) is 54.0 Å². The van der Waals surface area contributed by atoms with E-state index in [1.807, 2.05) is 12.3 Å². The molecule has 2 aliphatic rings. The lowest BCUT2D eigenvalue weighted by molar-refractivity contribution is 0.174. The van der Waals surface area contributed by atoms with Gasteiger partial charge in [0.2, 0.25) is 0 Å². The molecule has 3 aromatic rings. The summed E-state index contributed by atoms with van der Waals surface area (Å²) in [6, 6.07) is 12.7. The fourth-order valence-corrected chi connectivity index (χ4v) is 4.33. The number of rotatable bonds is 5. The summed E-state index contributed by atoms with van der Waals surface area (Å²) in [5, 5.41) is 2.24. The highest BCUT2D eigenvalue weighted by Crippen LogP contribution is 2.51. The smallest absolute Gasteiger partial charge is 0.169 e. The van der Waals surface area contributed by atoms with Gasteiger partial charge in [-0.3, -0.25) is 4.98 Å². The zero-order valence-corrected chi connectivity index (χ0v) is 16.4. The largest absolute Gasteiger partial charge is 0.486 e. The summed E-state index contributed by atoms with van der Waals surface area (Å²) in [6.45, 7) is 9.65. The Morgan fingerprint density at radius 2 is 1.86 bits per heavy atom. The molecule has 0 aliphatic carbocycles. The molecule has 0 saturated heterocycles. The van der Waals surface area contributed by atoms with Crippen molar-refractivity contribution >= 4 is 22.1 Å². The number of nitrogens with zero attached hydrogens (tertiary/aromatic N) is 3. The second-order valence-corrected chi connectivity index (χ2v) is 7.20. The van der Waals surface area contributed by atoms with Gasteiger partial charge in [-0.25, -0.2) is 0 Å². The first kappa shape index (κ1) is 17.3. The summed E-state index contributed by atoms with van der Waals surface area (Å²) in [5.74, 6) is 1.68. The maximum absolute atomic E-state index is 5.99. The van der Waals surface area contributed by atoms with E-state index in [0.717, 1.165) is 59.8 Å². The number of fused-ring (bicyclic) bond motifs is 4. The van der Waals surface area contributed by atoms with Gasteiger partial charge in [-0.2, -0.15) is 0 Å². The predicted molar refractivity (Wildman–Crippen MR) is 113 cm³/mol. The molecule has 0 fully saturated rings. The van der Waals surface area contributed by atoms with E-state index >= 15 is 0 Å². The fraction of sp³-hybridized carbons (Fsp3) is 0.348. The molecule has 0 unspecified atom stereocenters. The topological polar surface area (TPSA) is 37.8 Å². The Balaban J connectivity index is 1.72. The molecule has 0 saturated carbocycles. The minimum Gasteiger partial charge on any atom is -0.486 e. The normalized spacial score (nSPS) is 14.5. The Kier molecular flexibility index (Phi) is 4.32. The minimum absolute atomic E-state index is 0.585. The lowest BCUT2D eigenvalue weighted by Gasteiger charge is -2.35. The van der Waals surface area contributed by atoms with Gasteiger partial charge in [0, 0.05) is 41.7 Å². The number of pyridine rings is 1. The molecule has 2 aliphatic heterocycles. The number of aromatic nitrogens is 1. The van der Waals surface area contributed by atoms with Crippen LogP contribution >= 0.6 is 0 Å². The third-order valence-corrected chi connectivity index (χ3v) is 5.81. The summed E-state index contributed by atoms with van der Waals surface area (Å²) in [5.41, 5.74) is 4.57. The Bertz CT molecular complexity index is 1030. The van der Waals surface area contributed by atoms with Crippen molar-refractivity contribution in [2.75, 3.05) is 44.3 Å². The van der Waals surface area contributed by atoms with Gasteiger partial charge in [0.15, 0.2) is 11.5 Å². The number of hydrogen-bond donors (Lipinski definition) is 0. The molecule has 0 atom stereocenters. The van der Waals surface area contributed by atoms with Crippen LogP contribution in [0.5, 0.6) is 11.5 Å². The van der Waals surface area contributed by atoms with E-state index in [-0.39, 0.29) is 0 Å². The Labute approximate surface area is 165 Å². The standard InChI is InChI=1S/C23H25N3O2/c1-3-25(4-2)11-12-26-18-8-6-5-7-16(18)22-21-17(9-10-24-22)23-20(15-19(21)26)27-13-14-28-23/h5-10,15H,3-4,11-14H2,1-2H3. The first-order valence-corrected chi connectivity index (χ1v) is 10.1. The zero-order valence-electron chi connectivity index (χ0n) is 16.4. The second kappa shape index (κ2) is 6.99. The fourth-order valence-electron chi connectivity index (χ4n) is 4.33. The molecule has 0 bridgehead atoms. The van der Waals surface area contributed by atoms with Crippen LogP contribution in [-0.4, -0.2) is 49.3 Å². The molecule has 144 valence electrons. The van der Waals surface area contributed by atoms with Crippen molar-refractivity contribution in [1.82, 2.24) is 9.88 Å². The second-order valence-electron chi connectivity index (χ2n) is 7.20. The van der Waals surface area contributed by atoms with Crippen LogP contribution in [0.15, 0.2) is 42.6 Å². The third-order valence-electron chi connectivity index (χ3n) is 5.81. The number of anilines is 2. The van der Waals surface area contributed by atoms with Gasteiger partial charge in [0.1, 0.15) is 13.2 Å². The highest BCUT2D eigenvalue weighted by molar-refractivity contribution is 6.13. The predicted octanol–water partition coefficient (Wildman–Crippen LogP) is 4.47. The monoisotopic (exact) mass is 375 g/mol. The van der Waals surface area contributed by atoms with Crippen LogP contribution < -0.4 is 14.4 Å². The summed E-state index contributed by atoms with van der Waals surface area (Å²) in [4.78, 5) is 9.63. The maximum Gasteiger partial charge on any atom is 0.169 e. The van der Waals surface area contributed by atoms with E-state index in [0.29, 0.717) is 13.2 Å². The summed E-state index contributed by atoms with van der Waals surface area (Å²) in [6.07, 6.45) is 1.88. The van der Waals surface area contributed by atoms with Crippen LogP contribution in [-0.2, 0) is 0 Å². The SMILES string of the molecule is CCN(CC)CCN1c2ccccc2-c2nccc3c4c(cc1c23)OCCO4. The van der Waals surface area contributed by atoms with Gasteiger partial charge < -0.3 is 19.3 Å². The first-order chi connectivity index (χ1) is 13.8. The van der Waals surface area contributed by atoms with Crippen LogP contribution in [0, 0.1) is 0 Å². The van der Waals surface area contributed by atoms with Gasteiger partial charge in [-0.1, -0.05) is 32.0 Å². The molecule has 3 heterocycles. The molecule has 5 rings (SSSR count). The molecule has 2 aromatic carbocycles. The van der Waals surface area contributed by atoms with Crippen LogP contribution in [0.25, 0.3) is 22.0 Å². The van der Waals surface area contributed by atoms with Crippen molar-refractivity contribution in [3.05, 3.63) is 42.6 Å². The van der Waals surface area contributed by atoms with E-state index < -0.39 is 0 Å². The van der Waals surface area contributed by atoms with Crippen molar-refractivity contribution < 1.29 is 9.47 Å². The Hall–Kier alpha value is -2.79. The summed E-state index contributed by atoms with van der Waals surface area (Å²) < 4.78 is 12.0. The highest BCUT2D eigenvalue weighted by Gasteiger charge is 2.29. The third kappa shape index (κ3) is 2.61. The molecule has 0 N–H and O–H groups in total. The minimum atomic E-state index is 0.585. The number of para-hydroxylation sites is 1. The van der Waals surface area contributed by atoms with E-state index in [4.69, 9.17) is 14.5 Å². The zero-order chi connectivity index (χ0) is 19.1. The highest BCUT2D eigenvalue weighted by atomic mass is 16.6. The van der Waals surface area contributed by atoms with Crippen molar-refractivity contribution in [2.45, 2.75) is 13.8 Å². The molecule has 5 heteroatoms. The first-order valence-electron chi connectivity index (χ1n) is 10.1. The lowest BCUT2D eigenvalue weighted by atomic mass is 9.94. The lowest BCUT2D eigenvalue weighted by Crippen LogP contribution is -2.34. The van der Waals surface area contributed by atoms with Gasteiger partial charge in [-0.15, -0.1) is 0 Å². The number of ether oxygens (including phenoxy) is 2. The van der Waals surface area contributed by atoms with E-state index in [1.54, 1.807) is 0 Å². The van der Waals surface area contributed by atoms with Crippen molar-refractivity contribution in [3.8, 4) is 22.8 Å². The van der Waals surface area contributed by atoms with Gasteiger partial charge in [0.05, 0.1) is 17.1 Å². The van der Waals surface area contributed by atoms with Gasteiger partial charge in [0.25, 0.3) is 0 Å². The van der Waals surface area contributed by atoms with Crippen LogP contribution in [0.3, 0.4) is 0 Å². The van der Waals surface area contributed by atoms with Crippen molar-refractivity contribution in [2.24, 2.45) is 0 Å². The number of likely N-dealkylation sites (N-methyl/N-ethyl adjacent to an activating group) is 1.